The third kappa shape index (κ3) is 62.6. The minimum atomic E-state index is -1.51. The summed E-state index contributed by atoms with van der Waals surface area (Å²) in [6.45, 7) is 4.82. The van der Waals surface area contributed by atoms with Crippen LogP contribution in [0.4, 0.5) is 0 Å². The number of unbranched alkanes of at least 4 members (excludes halogenated alkanes) is 38. The van der Waals surface area contributed by atoms with Gasteiger partial charge in [0.05, 0.1) is 34.4 Å². The van der Waals surface area contributed by atoms with E-state index >= 15 is 0 Å². The van der Waals surface area contributed by atoms with E-state index in [4.69, 9.17) is 18.9 Å². The second kappa shape index (κ2) is 62.0. The molecule has 0 heterocycles. The topological polar surface area (TPSA) is 108 Å². The number of ether oxygens (including phenoxy) is 4. The van der Waals surface area contributed by atoms with Gasteiger partial charge in [-0.1, -0.05) is 306 Å². The first-order chi connectivity index (χ1) is 39.1. The van der Waals surface area contributed by atoms with Gasteiger partial charge in [0.25, 0.3) is 6.29 Å². The van der Waals surface area contributed by atoms with E-state index in [0.717, 1.165) is 70.6 Å². The van der Waals surface area contributed by atoms with Crippen LogP contribution in [-0.2, 0) is 33.3 Å². The highest BCUT2D eigenvalue weighted by Crippen LogP contribution is 2.18. The van der Waals surface area contributed by atoms with Gasteiger partial charge in [-0.25, -0.2) is 4.79 Å². The minimum absolute atomic E-state index is 0.179. The number of nitrogens with zero attached hydrogens (tertiary/aromatic N) is 1. The summed E-state index contributed by atoms with van der Waals surface area (Å²) >= 11 is 0. The van der Waals surface area contributed by atoms with E-state index in [1.807, 2.05) is 21.1 Å². The van der Waals surface area contributed by atoms with Crippen LogP contribution in [0.3, 0.4) is 0 Å². The highest BCUT2D eigenvalue weighted by molar-refractivity contribution is 5.71. The number of allylic oxidation sites excluding steroid dienone is 10. The largest absolute Gasteiger partial charge is 0.477 e. The molecule has 0 aliphatic rings. The van der Waals surface area contributed by atoms with Crippen molar-refractivity contribution in [1.82, 2.24) is 0 Å². The summed E-state index contributed by atoms with van der Waals surface area (Å²) in [6.07, 6.45) is 77.5. The van der Waals surface area contributed by atoms with Crippen molar-refractivity contribution in [2.24, 2.45) is 0 Å². The number of quaternary nitrogens is 1. The molecular formula is C71H130NO8+. The lowest BCUT2D eigenvalue weighted by Gasteiger charge is -2.25. The number of hydrogen-bond donors (Lipinski definition) is 1. The smallest absolute Gasteiger partial charge is 0.361 e. The Labute approximate surface area is 495 Å². The van der Waals surface area contributed by atoms with Crippen molar-refractivity contribution in [3.05, 3.63) is 60.8 Å². The van der Waals surface area contributed by atoms with Crippen molar-refractivity contribution >= 4 is 17.9 Å². The number of carbonyl (C=O) groups is 3. The molecule has 0 aliphatic heterocycles. The standard InChI is InChI=1S/C71H129NO8/c1-6-8-10-12-14-16-18-20-22-24-26-28-30-32-34-35-36-38-40-42-44-46-48-50-52-54-56-58-60-62-69(74)80-67(66-79-71(70(75)76)77-64-63-72(3,4)5)65-78-68(73)61-59-57-55-53-51-49-47-45-43-41-39-37-33-31-29-27-25-23-21-19-17-15-13-11-9-7-2/h8,10,14,16,20,22,26,28,32,34,67,71H,6-7,9,11-13,15,17-19,21,23-25,27,29-31,33,35-66H2,1-5H3/p+1/b10-8-,16-14-,22-20-,28-26-,34-32-. The van der Waals surface area contributed by atoms with Crippen molar-refractivity contribution in [2.45, 2.75) is 328 Å². The molecule has 2 unspecified atom stereocenters. The van der Waals surface area contributed by atoms with E-state index in [0.29, 0.717) is 17.4 Å². The molecule has 2 atom stereocenters. The molecule has 1 N–H and O–H groups in total. The lowest BCUT2D eigenvalue weighted by molar-refractivity contribution is -0.870. The summed E-state index contributed by atoms with van der Waals surface area (Å²) < 4.78 is 23.0. The van der Waals surface area contributed by atoms with Gasteiger partial charge in [-0.3, -0.25) is 9.59 Å². The van der Waals surface area contributed by atoms with Crippen molar-refractivity contribution in [1.29, 1.82) is 0 Å². The van der Waals surface area contributed by atoms with Crippen LogP contribution in [0.5, 0.6) is 0 Å². The number of rotatable bonds is 63. The first kappa shape index (κ1) is 77.0. The van der Waals surface area contributed by atoms with Crippen LogP contribution in [0, 0.1) is 0 Å². The molecule has 0 rings (SSSR count). The average molecular weight is 1130 g/mol. The molecule has 0 saturated heterocycles. The molecule has 0 spiro atoms. The summed E-state index contributed by atoms with van der Waals surface area (Å²) in [4.78, 5) is 37.6. The van der Waals surface area contributed by atoms with E-state index < -0.39 is 24.3 Å². The van der Waals surface area contributed by atoms with Crippen molar-refractivity contribution < 1.29 is 42.9 Å². The summed E-state index contributed by atoms with van der Waals surface area (Å²) in [5.41, 5.74) is 0. The van der Waals surface area contributed by atoms with Gasteiger partial charge in [-0.15, -0.1) is 0 Å². The second-order valence-corrected chi connectivity index (χ2v) is 24.1. The molecule has 0 radical (unpaired) electrons. The lowest BCUT2D eigenvalue weighted by Crippen LogP contribution is -2.40. The van der Waals surface area contributed by atoms with Gasteiger partial charge in [0, 0.05) is 12.8 Å². The maximum atomic E-state index is 12.9. The van der Waals surface area contributed by atoms with Gasteiger partial charge in [0.15, 0.2) is 6.10 Å². The number of carboxylic acid groups (broad SMARTS) is 1. The Kier molecular flexibility index (Phi) is 59.7. The quantitative estimate of drug-likeness (QED) is 0.0211. The Morgan fingerprint density at radius 3 is 1.06 bits per heavy atom. The van der Waals surface area contributed by atoms with Crippen molar-refractivity contribution in [3.8, 4) is 0 Å². The molecule has 0 aromatic rings. The number of carboxylic acids is 1. The molecule has 0 aromatic carbocycles. The fourth-order valence-corrected chi connectivity index (χ4v) is 9.87. The van der Waals surface area contributed by atoms with E-state index in [9.17, 15) is 19.5 Å². The maximum absolute atomic E-state index is 12.9. The SMILES string of the molecule is CC/C=C\C/C=C\C/C=C\C/C=C\C/C=C\CCCCCCCCCCCCCCCC(=O)OC(COC(=O)CCCCCCCCCCCCCCCCCCCCCCCCCCCC)COC(OCC[N+](C)(C)C)C(=O)O. The van der Waals surface area contributed by atoms with Crippen LogP contribution >= 0.6 is 0 Å². The Bertz CT molecular complexity index is 1500. The third-order valence-corrected chi connectivity index (χ3v) is 15.0. The Balaban J connectivity index is 4.12. The number of hydrogen-bond acceptors (Lipinski definition) is 7. The number of likely N-dealkylation sites (N-methyl/N-ethyl adjacent to an activating group) is 1. The number of carbonyl (C=O) groups excluding carboxylic acids is 2. The van der Waals surface area contributed by atoms with Crippen LogP contribution in [0.1, 0.15) is 316 Å². The first-order valence-electron chi connectivity index (χ1n) is 34.0. The molecule has 0 aromatic heterocycles. The molecule has 9 nitrogen and oxygen atoms in total. The highest BCUT2D eigenvalue weighted by atomic mass is 16.7. The van der Waals surface area contributed by atoms with E-state index in [1.165, 1.54) is 218 Å². The highest BCUT2D eigenvalue weighted by Gasteiger charge is 2.25. The molecule has 9 heteroatoms. The first-order valence-corrected chi connectivity index (χ1v) is 34.0. The summed E-state index contributed by atoms with van der Waals surface area (Å²) in [7, 11) is 5.98. The number of esters is 2. The molecule has 0 bridgehead atoms. The van der Waals surface area contributed by atoms with Gasteiger partial charge in [0.1, 0.15) is 13.2 Å². The molecule has 0 aliphatic carbocycles. The third-order valence-electron chi connectivity index (χ3n) is 15.0. The zero-order chi connectivity index (χ0) is 58.3. The zero-order valence-corrected chi connectivity index (χ0v) is 53.2. The van der Waals surface area contributed by atoms with Crippen molar-refractivity contribution in [3.63, 3.8) is 0 Å². The predicted molar refractivity (Wildman–Crippen MR) is 341 cm³/mol. The summed E-state index contributed by atoms with van der Waals surface area (Å²) in [5, 5.41) is 9.74. The van der Waals surface area contributed by atoms with Gasteiger partial charge >= 0.3 is 17.9 Å². The van der Waals surface area contributed by atoms with Crippen LogP contribution in [0.25, 0.3) is 0 Å². The zero-order valence-electron chi connectivity index (χ0n) is 53.2. The Morgan fingerprint density at radius 1 is 0.388 bits per heavy atom. The Morgan fingerprint density at radius 2 is 0.713 bits per heavy atom. The van der Waals surface area contributed by atoms with Crippen LogP contribution < -0.4 is 0 Å². The van der Waals surface area contributed by atoms with Crippen LogP contribution in [0.2, 0.25) is 0 Å². The van der Waals surface area contributed by atoms with E-state index in [2.05, 4.69) is 74.6 Å². The van der Waals surface area contributed by atoms with Crippen molar-refractivity contribution in [2.75, 3.05) is 47.5 Å². The number of aliphatic carboxylic acids is 1. The Hall–Kier alpha value is -3.01. The molecule has 0 saturated carbocycles. The van der Waals surface area contributed by atoms with Crippen LogP contribution in [-0.4, -0.2) is 87.4 Å². The predicted octanol–water partition coefficient (Wildman–Crippen LogP) is 20.7. The maximum Gasteiger partial charge on any atom is 0.361 e. The summed E-state index contributed by atoms with van der Waals surface area (Å²) in [5.74, 6) is -1.99. The molecule has 0 fully saturated rings. The second-order valence-electron chi connectivity index (χ2n) is 24.1. The lowest BCUT2D eigenvalue weighted by atomic mass is 10.0. The normalized spacial score (nSPS) is 13.1. The average Bonchev–Trinajstić information content (AvgIpc) is 3.43. The molecule has 0 amide bonds. The minimum Gasteiger partial charge on any atom is -0.477 e. The van der Waals surface area contributed by atoms with E-state index in [1.54, 1.807) is 0 Å². The van der Waals surface area contributed by atoms with Gasteiger partial charge in [0.2, 0.25) is 0 Å². The molecular weight excluding hydrogens is 995 g/mol. The van der Waals surface area contributed by atoms with Gasteiger partial charge < -0.3 is 28.5 Å². The fourth-order valence-electron chi connectivity index (χ4n) is 9.87. The van der Waals surface area contributed by atoms with Gasteiger partial charge in [-0.2, -0.15) is 0 Å². The van der Waals surface area contributed by atoms with Gasteiger partial charge in [-0.05, 0) is 57.8 Å². The fraction of sp³-hybridized carbons (Fsp3) is 0.817. The molecule has 80 heavy (non-hydrogen) atoms. The summed E-state index contributed by atoms with van der Waals surface area (Å²) in [6, 6.07) is 0. The van der Waals surface area contributed by atoms with E-state index in [-0.39, 0.29) is 32.2 Å². The van der Waals surface area contributed by atoms with Crippen LogP contribution in [0.15, 0.2) is 60.8 Å². The monoisotopic (exact) mass is 1120 g/mol. The molecule has 466 valence electrons.